The normalized spacial score (nSPS) is 10.7. The minimum absolute atomic E-state index is 0.256. The maximum atomic E-state index is 12.0. The number of hydrogen-bond donors (Lipinski definition) is 1. The molecule has 0 saturated carbocycles. The smallest absolute Gasteiger partial charge is 0.271 e. The molecule has 0 aliphatic rings. The number of aryl methyl sites for hydroxylation is 1. The molecule has 0 atom stereocenters. The Bertz CT molecular complexity index is 955. The Kier molecular flexibility index (Phi) is 7.41. The second kappa shape index (κ2) is 10.7. The molecule has 0 radical (unpaired) electrons. The maximum Gasteiger partial charge on any atom is 0.271 e. The lowest BCUT2D eigenvalue weighted by molar-refractivity contribution is 0.0955. The molecule has 3 aromatic carbocycles. The summed E-state index contributed by atoms with van der Waals surface area (Å²) in [6.45, 7) is 3.12. The predicted octanol–water partition coefficient (Wildman–Crippen LogP) is 4.61. The van der Waals surface area contributed by atoms with Crippen molar-refractivity contribution in [2.75, 3.05) is 13.2 Å². The first-order valence-corrected chi connectivity index (χ1v) is 9.53. The van der Waals surface area contributed by atoms with Gasteiger partial charge in [-0.1, -0.05) is 48.5 Å². The van der Waals surface area contributed by atoms with Crippen LogP contribution in [0.1, 0.15) is 27.9 Å². The van der Waals surface area contributed by atoms with Crippen molar-refractivity contribution in [1.29, 1.82) is 0 Å². The van der Waals surface area contributed by atoms with E-state index in [0.29, 0.717) is 24.5 Å². The predicted molar refractivity (Wildman–Crippen MR) is 115 cm³/mol. The molecule has 0 aliphatic heterocycles. The minimum atomic E-state index is -0.256. The van der Waals surface area contributed by atoms with Gasteiger partial charge >= 0.3 is 0 Å². The summed E-state index contributed by atoms with van der Waals surface area (Å²) in [6, 6.07) is 24.5. The SMILES string of the molecule is Cc1ccccc1OCCCOc1ccccc1/C=N/NC(=O)c1ccccc1. The first kappa shape index (κ1) is 20.1. The van der Waals surface area contributed by atoms with E-state index in [0.717, 1.165) is 23.3 Å². The van der Waals surface area contributed by atoms with Crippen LogP contribution in [0.4, 0.5) is 0 Å². The Labute approximate surface area is 171 Å². The number of rotatable bonds is 9. The van der Waals surface area contributed by atoms with Crippen LogP contribution in [-0.4, -0.2) is 25.3 Å². The highest BCUT2D eigenvalue weighted by atomic mass is 16.5. The summed E-state index contributed by atoms with van der Waals surface area (Å²) in [7, 11) is 0. The second-order valence-electron chi connectivity index (χ2n) is 6.42. The number of hydrogen-bond acceptors (Lipinski definition) is 4. The molecule has 3 aromatic rings. The third kappa shape index (κ3) is 6.21. The Balaban J connectivity index is 1.47. The molecule has 0 heterocycles. The van der Waals surface area contributed by atoms with Crippen LogP contribution in [0.2, 0.25) is 0 Å². The van der Waals surface area contributed by atoms with E-state index in [9.17, 15) is 4.79 Å². The third-order valence-corrected chi connectivity index (χ3v) is 4.22. The van der Waals surface area contributed by atoms with Crippen LogP contribution in [-0.2, 0) is 0 Å². The monoisotopic (exact) mass is 388 g/mol. The van der Waals surface area contributed by atoms with Crippen LogP contribution in [0.15, 0.2) is 84.0 Å². The van der Waals surface area contributed by atoms with Crippen molar-refractivity contribution in [3.8, 4) is 11.5 Å². The van der Waals surface area contributed by atoms with Gasteiger partial charge < -0.3 is 9.47 Å². The molecule has 0 spiro atoms. The quantitative estimate of drug-likeness (QED) is 0.331. The molecule has 5 heteroatoms. The molecule has 3 rings (SSSR count). The standard InChI is InChI=1S/C24H24N2O3/c1-19-10-5-7-14-22(19)28-16-9-17-29-23-15-8-6-13-21(23)18-25-26-24(27)20-11-3-2-4-12-20/h2-8,10-15,18H,9,16-17H2,1H3,(H,26,27)/b25-18+. The molecule has 0 saturated heterocycles. The Morgan fingerprint density at radius 3 is 2.24 bits per heavy atom. The minimum Gasteiger partial charge on any atom is -0.493 e. The molecule has 0 unspecified atom stereocenters. The molecule has 5 nitrogen and oxygen atoms in total. The third-order valence-electron chi connectivity index (χ3n) is 4.22. The zero-order valence-electron chi connectivity index (χ0n) is 16.4. The topological polar surface area (TPSA) is 59.9 Å². The maximum absolute atomic E-state index is 12.0. The highest BCUT2D eigenvalue weighted by Gasteiger charge is 2.04. The van der Waals surface area contributed by atoms with Crippen molar-refractivity contribution in [1.82, 2.24) is 5.43 Å². The number of amides is 1. The highest BCUT2D eigenvalue weighted by molar-refractivity contribution is 5.95. The van der Waals surface area contributed by atoms with Crippen LogP contribution >= 0.6 is 0 Å². The van der Waals surface area contributed by atoms with E-state index in [1.165, 1.54) is 0 Å². The van der Waals surface area contributed by atoms with Gasteiger partial charge in [0.05, 0.1) is 19.4 Å². The van der Waals surface area contributed by atoms with Crippen LogP contribution in [0.3, 0.4) is 0 Å². The van der Waals surface area contributed by atoms with E-state index >= 15 is 0 Å². The fourth-order valence-electron chi connectivity index (χ4n) is 2.67. The lowest BCUT2D eigenvalue weighted by Gasteiger charge is -2.11. The van der Waals surface area contributed by atoms with Crippen molar-refractivity contribution in [2.45, 2.75) is 13.3 Å². The lowest BCUT2D eigenvalue weighted by Crippen LogP contribution is -2.17. The lowest BCUT2D eigenvalue weighted by atomic mass is 10.2. The van der Waals surface area contributed by atoms with E-state index in [1.807, 2.05) is 73.7 Å². The van der Waals surface area contributed by atoms with Gasteiger partial charge in [0.1, 0.15) is 11.5 Å². The molecule has 1 N–H and O–H groups in total. The molecule has 0 aliphatic carbocycles. The second-order valence-corrected chi connectivity index (χ2v) is 6.42. The van der Waals surface area contributed by atoms with E-state index in [-0.39, 0.29) is 5.91 Å². The molecular weight excluding hydrogens is 364 g/mol. The number of para-hydroxylation sites is 2. The number of carbonyl (C=O) groups excluding carboxylic acids is 1. The average molecular weight is 388 g/mol. The molecule has 148 valence electrons. The van der Waals surface area contributed by atoms with Crippen molar-refractivity contribution < 1.29 is 14.3 Å². The fraction of sp³-hybridized carbons (Fsp3) is 0.167. The number of nitrogens with zero attached hydrogens (tertiary/aromatic N) is 1. The largest absolute Gasteiger partial charge is 0.493 e. The molecule has 29 heavy (non-hydrogen) atoms. The Morgan fingerprint density at radius 2 is 1.48 bits per heavy atom. The van der Waals surface area contributed by atoms with Crippen LogP contribution in [0.25, 0.3) is 0 Å². The molecule has 1 amide bonds. The van der Waals surface area contributed by atoms with Gasteiger partial charge in [0.15, 0.2) is 0 Å². The Hall–Kier alpha value is -3.60. The molecule has 0 aromatic heterocycles. The van der Waals surface area contributed by atoms with Crippen molar-refractivity contribution in [3.63, 3.8) is 0 Å². The first-order chi connectivity index (χ1) is 14.2. The molecular formula is C24H24N2O3. The molecule has 0 fully saturated rings. The zero-order valence-corrected chi connectivity index (χ0v) is 16.4. The Morgan fingerprint density at radius 1 is 0.862 bits per heavy atom. The van der Waals surface area contributed by atoms with Crippen LogP contribution in [0, 0.1) is 6.92 Å². The van der Waals surface area contributed by atoms with Gasteiger partial charge in [0.25, 0.3) is 5.91 Å². The summed E-state index contributed by atoms with van der Waals surface area (Å²) < 4.78 is 11.6. The van der Waals surface area contributed by atoms with Gasteiger partial charge in [0, 0.05) is 17.5 Å². The zero-order chi connectivity index (χ0) is 20.3. The number of ether oxygens (including phenoxy) is 2. The van der Waals surface area contributed by atoms with E-state index in [1.54, 1.807) is 18.3 Å². The summed E-state index contributed by atoms with van der Waals surface area (Å²) in [5.74, 6) is 1.35. The van der Waals surface area contributed by atoms with Gasteiger partial charge in [-0.25, -0.2) is 5.43 Å². The average Bonchev–Trinajstić information content (AvgIpc) is 2.76. The van der Waals surface area contributed by atoms with Gasteiger partial charge in [-0.3, -0.25) is 4.79 Å². The highest BCUT2D eigenvalue weighted by Crippen LogP contribution is 2.18. The number of nitrogens with one attached hydrogen (secondary N) is 1. The summed E-state index contributed by atoms with van der Waals surface area (Å²) in [5.41, 5.74) is 5.00. The number of benzene rings is 3. The summed E-state index contributed by atoms with van der Waals surface area (Å²) in [4.78, 5) is 12.0. The number of hydrazone groups is 1. The van der Waals surface area contributed by atoms with Crippen LogP contribution < -0.4 is 14.9 Å². The summed E-state index contributed by atoms with van der Waals surface area (Å²) in [5, 5.41) is 4.04. The van der Waals surface area contributed by atoms with Gasteiger partial charge in [0.2, 0.25) is 0 Å². The van der Waals surface area contributed by atoms with E-state index < -0.39 is 0 Å². The van der Waals surface area contributed by atoms with Crippen molar-refractivity contribution in [2.24, 2.45) is 5.10 Å². The first-order valence-electron chi connectivity index (χ1n) is 9.53. The van der Waals surface area contributed by atoms with E-state index in [4.69, 9.17) is 9.47 Å². The van der Waals surface area contributed by atoms with Crippen LogP contribution in [0.5, 0.6) is 11.5 Å². The van der Waals surface area contributed by atoms with Gasteiger partial charge in [-0.05, 0) is 42.8 Å². The number of carbonyl (C=O) groups is 1. The van der Waals surface area contributed by atoms with Gasteiger partial charge in [-0.2, -0.15) is 5.10 Å². The summed E-state index contributed by atoms with van der Waals surface area (Å²) in [6.07, 6.45) is 2.34. The fourth-order valence-corrected chi connectivity index (χ4v) is 2.67. The summed E-state index contributed by atoms with van der Waals surface area (Å²) >= 11 is 0. The van der Waals surface area contributed by atoms with Gasteiger partial charge in [-0.15, -0.1) is 0 Å². The van der Waals surface area contributed by atoms with Crippen molar-refractivity contribution in [3.05, 3.63) is 95.6 Å². The molecule has 0 bridgehead atoms. The van der Waals surface area contributed by atoms with Crippen molar-refractivity contribution >= 4 is 12.1 Å². The van der Waals surface area contributed by atoms with E-state index in [2.05, 4.69) is 10.5 Å².